The van der Waals surface area contributed by atoms with Gasteiger partial charge in [0.05, 0.1) is 46.1 Å². The first kappa shape index (κ1) is 28.2. The van der Waals surface area contributed by atoms with Crippen LogP contribution < -0.4 is 4.84 Å². The standard InChI is InChI=1S/C17H27NO15S/c19-8-9-13(22)14(23)15(24)17(32-9)31-6-5-30-4-3-29-2-1-12(21)33-18-11(20)7-10(16(18)25)34(26,27)28/h7,9,13-15,17,19-20,22-25H,1-6,8H2,(H,26,27,28)/t9?,13?,14?,15?,17-/m1/s1. The van der Waals surface area contributed by atoms with Crippen LogP contribution in [0.3, 0.4) is 0 Å². The third-order valence-corrected chi connectivity index (χ3v) is 5.39. The van der Waals surface area contributed by atoms with E-state index in [0.717, 1.165) is 0 Å². The van der Waals surface area contributed by atoms with Crippen LogP contribution in [0.15, 0.2) is 11.0 Å². The highest BCUT2D eigenvalue weighted by atomic mass is 32.2. The zero-order chi connectivity index (χ0) is 25.5. The summed E-state index contributed by atoms with van der Waals surface area (Å²) in [7, 11) is -4.84. The van der Waals surface area contributed by atoms with E-state index in [4.69, 9.17) is 28.6 Å². The van der Waals surface area contributed by atoms with E-state index in [-0.39, 0.29) is 44.2 Å². The highest BCUT2D eigenvalue weighted by molar-refractivity contribution is 7.86. The fourth-order valence-corrected chi connectivity index (χ4v) is 3.35. The maximum absolute atomic E-state index is 11.7. The van der Waals surface area contributed by atoms with Gasteiger partial charge in [0.1, 0.15) is 24.4 Å². The number of aromatic nitrogens is 1. The SMILES string of the molecule is O=C(CCOCCOCCO[C@@H]1OC(CO)C(O)C(O)C1O)On1c(O)cc(S(=O)(=O)O)c1O. The summed E-state index contributed by atoms with van der Waals surface area (Å²) in [6.45, 7) is -0.583. The van der Waals surface area contributed by atoms with Crippen LogP contribution in [0.2, 0.25) is 0 Å². The van der Waals surface area contributed by atoms with E-state index < -0.39 is 70.1 Å². The molecular formula is C17H27NO15S. The summed E-state index contributed by atoms with van der Waals surface area (Å²) >= 11 is 0. The molecule has 2 heterocycles. The number of nitrogens with zero attached hydrogens (tertiary/aromatic N) is 1. The van der Waals surface area contributed by atoms with Crippen LogP contribution in [0.1, 0.15) is 6.42 Å². The zero-order valence-corrected chi connectivity index (χ0v) is 18.5. The van der Waals surface area contributed by atoms with Gasteiger partial charge in [-0.1, -0.05) is 0 Å². The summed E-state index contributed by atoms with van der Waals surface area (Å²) in [5, 5.41) is 57.4. The number of carbonyl (C=O) groups is 1. The molecule has 1 aliphatic heterocycles. The van der Waals surface area contributed by atoms with Crippen molar-refractivity contribution >= 4 is 16.1 Å². The van der Waals surface area contributed by atoms with Gasteiger partial charge in [-0.2, -0.15) is 8.42 Å². The molecule has 196 valence electrons. The smallest absolute Gasteiger partial charge is 0.335 e. The number of hydrogen-bond acceptors (Lipinski definition) is 14. The largest absolute Gasteiger partial charge is 0.492 e. The molecule has 0 bridgehead atoms. The number of ether oxygens (including phenoxy) is 4. The molecule has 0 saturated carbocycles. The van der Waals surface area contributed by atoms with Gasteiger partial charge >= 0.3 is 5.97 Å². The fraction of sp³-hybridized carbons (Fsp3) is 0.706. The van der Waals surface area contributed by atoms with Crippen molar-refractivity contribution in [1.29, 1.82) is 0 Å². The average molecular weight is 517 g/mol. The van der Waals surface area contributed by atoms with Gasteiger partial charge < -0.3 is 54.4 Å². The van der Waals surface area contributed by atoms with Gasteiger partial charge in [-0.15, -0.1) is 4.73 Å². The molecule has 0 aliphatic carbocycles. The highest BCUT2D eigenvalue weighted by Gasteiger charge is 2.43. The third-order valence-electron chi connectivity index (χ3n) is 4.53. The molecule has 1 aliphatic rings. The minimum Gasteiger partial charge on any atom is -0.492 e. The third kappa shape index (κ3) is 7.47. The fourth-order valence-electron chi connectivity index (χ4n) is 2.78. The van der Waals surface area contributed by atoms with Gasteiger partial charge in [0.15, 0.2) is 11.2 Å². The quantitative estimate of drug-likeness (QED) is 0.0984. The van der Waals surface area contributed by atoms with E-state index in [9.17, 15) is 38.7 Å². The van der Waals surface area contributed by atoms with E-state index in [1.54, 1.807) is 0 Å². The Morgan fingerprint density at radius 1 is 1.00 bits per heavy atom. The molecule has 1 fully saturated rings. The van der Waals surface area contributed by atoms with Crippen molar-refractivity contribution in [2.75, 3.05) is 39.6 Å². The number of aromatic hydroxyl groups is 2. The van der Waals surface area contributed by atoms with Crippen LogP contribution in [0.25, 0.3) is 0 Å². The minimum atomic E-state index is -4.84. The van der Waals surface area contributed by atoms with Gasteiger partial charge in [-0.3, -0.25) is 4.55 Å². The molecule has 7 N–H and O–H groups in total. The monoisotopic (exact) mass is 517 g/mol. The first-order valence-electron chi connectivity index (χ1n) is 9.87. The second kappa shape index (κ2) is 12.6. The van der Waals surface area contributed by atoms with Gasteiger partial charge in [0, 0.05) is 6.07 Å². The van der Waals surface area contributed by atoms with Crippen molar-refractivity contribution < 1.29 is 72.2 Å². The molecule has 1 aromatic rings. The van der Waals surface area contributed by atoms with Crippen LogP contribution in [0, 0.1) is 0 Å². The van der Waals surface area contributed by atoms with Gasteiger partial charge in [0.25, 0.3) is 16.0 Å². The Balaban J connectivity index is 1.58. The van der Waals surface area contributed by atoms with E-state index in [1.165, 1.54) is 0 Å². The Labute approximate surface area is 193 Å². The topological polar surface area (TPSA) is 244 Å². The average Bonchev–Trinajstić information content (AvgIpc) is 3.06. The Morgan fingerprint density at radius 2 is 1.62 bits per heavy atom. The van der Waals surface area contributed by atoms with Crippen molar-refractivity contribution in [2.45, 2.75) is 42.0 Å². The lowest BCUT2D eigenvalue weighted by molar-refractivity contribution is -0.302. The normalized spacial score (nSPS) is 25.4. The second-order valence-electron chi connectivity index (χ2n) is 6.97. The summed E-state index contributed by atoms with van der Waals surface area (Å²) in [6, 6.07) is 0.493. The summed E-state index contributed by atoms with van der Waals surface area (Å²) in [6.07, 6.45) is -7.24. The van der Waals surface area contributed by atoms with Crippen LogP contribution in [0.5, 0.6) is 11.8 Å². The van der Waals surface area contributed by atoms with Gasteiger partial charge in [-0.05, 0) is 0 Å². The van der Waals surface area contributed by atoms with Gasteiger partial charge in [0.2, 0.25) is 5.88 Å². The molecule has 5 atom stereocenters. The van der Waals surface area contributed by atoms with Crippen LogP contribution in [-0.2, 0) is 33.9 Å². The van der Waals surface area contributed by atoms with Crippen LogP contribution >= 0.6 is 0 Å². The summed E-state index contributed by atoms with van der Waals surface area (Å²) in [5.41, 5.74) is 0. The molecule has 0 radical (unpaired) electrons. The predicted octanol–water partition coefficient (Wildman–Crippen LogP) is -3.66. The molecule has 1 aromatic heterocycles. The molecule has 4 unspecified atom stereocenters. The van der Waals surface area contributed by atoms with Crippen molar-refractivity contribution in [3.05, 3.63) is 6.07 Å². The maximum atomic E-state index is 11.7. The number of rotatable bonds is 13. The Kier molecular flexibility index (Phi) is 10.4. The van der Waals surface area contributed by atoms with Crippen molar-refractivity contribution in [2.24, 2.45) is 0 Å². The molecule has 17 heteroatoms. The van der Waals surface area contributed by atoms with E-state index in [0.29, 0.717) is 6.07 Å². The van der Waals surface area contributed by atoms with Crippen molar-refractivity contribution in [3.63, 3.8) is 0 Å². The summed E-state index contributed by atoms with van der Waals surface area (Å²) < 4.78 is 51.8. The number of aliphatic hydroxyl groups excluding tert-OH is 4. The molecule has 2 rings (SSSR count). The van der Waals surface area contributed by atoms with Crippen LogP contribution in [-0.4, -0.2) is 125 Å². The zero-order valence-electron chi connectivity index (χ0n) is 17.7. The van der Waals surface area contributed by atoms with Crippen molar-refractivity contribution in [1.82, 2.24) is 4.73 Å². The Bertz CT molecular complexity index is 901. The molecule has 16 nitrogen and oxygen atoms in total. The molecule has 0 amide bonds. The molecule has 34 heavy (non-hydrogen) atoms. The van der Waals surface area contributed by atoms with E-state index in [2.05, 4.69) is 4.84 Å². The lowest BCUT2D eigenvalue weighted by Crippen LogP contribution is -2.59. The van der Waals surface area contributed by atoms with Gasteiger partial charge in [-0.25, -0.2) is 4.79 Å². The van der Waals surface area contributed by atoms with E-state index >= 15 is 0 Å². The molecular weight excluding hydrogens is 490 g/mol. The number of carbonyl (C=O) groups excluding carboxylic acids is 1. The number of aliphatic hydroxyl groups is 4. The first-order valence-corrected chi connectivity index (χ1v) is 11.3. The lowest BCUT2D eigenvalue weighted by Gasteiger charge is -2.39. The maximum Gasteiger partial charge on any atom is 0.335 e. The van der Waals surface area contributed by atoms with E-state index in [1.807, 2.05) is 0 Å². The highest BCUT2D eigenvalue weighted by Crippen LogP contribution is 2.30. The lowest BCUT2D eigenvalue weighted by atomic mass is 9.99. The summed E-state index contributed by atoms with van der Waals surface area (Å²) in [5.74, 6) is -3.11. The van der Waals surface area contributed by atoms with Crippen LogP contribution in [0.4, 0.5) is 0 Å². The van der Waals surface area contributed by atoms with Crippen molar-refractivity contribution in [3.8, 4) is 11.8 Å². The molecule has 0 spiro atoms. The summed E-state index contributed by atoms with van der Waals surface area (Å²) in [4.78, 5) is 15.3. The second-order valence-corrected chi connectivity index (χ2v) is 8.36. The Morgan fingerprint density at radius 3 is 2.21 bits per heavy atom. The number of hydrogen-bond donors (Lipinski definition) is 7. The Hall–Kier alpha value is -2.06. The molecule has 1 saturated heterocycles. The molecule has 0 aromatic carbocycles. The first-order chi connectivity index (χ1) is 16.0. The minimum absolute atomic E-state index is 0.0443. The predicted molar refractivity (Wildman–Crippen MR) is 105 cm³/mol.